The topological polar surface area (TPSA) is 91.7 Å². The van der Waals surface area contributed by atoms with Crippen molar-refractivity contribution in [3.63, 3.8) is 0 Å². The van der Waals surface area contributed by atoms with Gasteiger partial charge in [0.2, 0.25) is 0 Å². The number of carboxylic acids is 1. The summed E-state index contributed by atoms with van der Waals surface area (Å²) < 4.78 is 0. The van der Waals surface area contributed by atoms with E-state index >= 15 is 0 Å². The van der Waals surface area contributed by atoms with Crippen molar-refractivity contribution in [2.45, 2.75) is 83.7 Å². The Morgan fingerprint density at radius 2 is 1.74 bits per heavy atom. The molecular formula is C18H30O5. The van der Waals surface area contributed by atoms with Crippen LogP contribution in [0, 0.1) is 11.8 Å². The Bertz CT molecular complexity index is 404. The molecule has 1 fully saturated rings. The smallest absolute Gasteiger partial charge is 0.303 e. The predicted molar refractivity (Wildman–Crippen MR) is 87.1 cm³/mol. The van der Waals surface area contributed by atoms with Crippen LogP contribution in [0.25, 0.3) is 0 Å². The van der Waals surface area contributed by atoms with E-state index in [1.54, 1.807) is 0 Å². The third-order valence-electron chi connectivity index (χ3n) is 4.81. The van der Waals surface area contributed by atoms with E-state index in [1.165, 1.54) is 0 Å². The van der Waals surface area contributed by atoms with Gasteiger partial charge in [0.1, 0.15) is 11.6 Å². The molecule has 0 unspecified atom stereocenters. The first kappa shape index (κ1) is 19.8. The van der Waals surface area contributed by atoms with Crippen molar-refractivity contribution in [1.29, 1.82) is 0 Å². The van der Waals surface area contributed by atoms with Crippen molar-refractivity contribution in [2.75, 3.05) is 0 Å². The fraction of sp³-hybridized carbons (Fsp3) is 0.833. The standard InChI is InChI=1S/C18H30O5/c1-2-3-4-7-13(19)10-11-15-14(16(20)12-17(15)21)8-5-6-9-18(22)23/h14-15,17,21H,2-12H2,1H3,(H,22,23)/t14-,15+,17+/m0/s1. The lowest BCUT2D eigenvalue weighted by atomic mass is 9.85. The minimum atomic E-state index is -0.822. The van der Waals surface area contributed by atoms with Crippen molar-refractivity contribution >= 4 is 17.5 Å². The average molecular weight is 326 g/mol. The number of carbonyl (C=O) groups is 3. The van der Waals surface area contributed by atoms with Gasteiger partial charge in [0.25, 0.3) is 0 Å². The molecule has 0 amide bonds. The second-order valence-corrected chi connectivity index (χ2v) is 6.68. The van der Waals surface area contributed by atoms with Crippen LogP contribution in [0.3, 0.4) is 0 Å². The van der Waals surface area contributed by atoms with Gasteiger partial charge in [-0.2, -0.15) is 0 Å². The molecule has 1 aliphatic carbocycles. The molecule has 5 nitrogen and oxygen atoms in total. The minimum absolute atomic E-state index is 0.0660. The highest BCUT2D eigenvalue weighted by Crippen LogP contribution is 2.36. The number of carbonyl (C=O) groups excluding carboxylic acids is 2. The van der Waals surface area contributed by atoms with Gasteiger partial charge in [0, 0.05) is 31.6 Å². The maximum atomic E-state index is 12.0. The molecule has 1 aliphatic rings. The maximum Gasteiger partial charge on any atom is 0.303 e. The van der Waals surface area contributed by atoms with Gasteiger partial charge < -0.3 is 10.2 Å². The number of ketones is 2. The zero-order chi connectivity index (χ0) is 17.2. The summed E-state index contributed by atoms with van der Waals surface area (Å²) in [5.41, 5.74) is 0. The Morgan fingerprint density at radius 1 is 1.04 bits per heavy atom. The van der Waals surface area contributed by atoms with Crippen molar-refractivity contribution in [2.24, 2.45) is 11.8 Å². The van der Waals surface area contributed by atoms with E-state index in [0.29, 0.717) is 38.5 Å². The number of hydrogen-bond donors (Lipinski definition) is 2. The number of unbranched alkanes of at least 4 members (excludes halogenated alkanes) is 3. The van der Waals surface area contributed by atoms with E-state index < -0.39 is 12.1 Å². The van der Waals surface area contributed by atoms with Crippen LogP contribution >= 0.6 is 0 Å². The van der Waals surface area contributed by atoms with Crippen LogP contribution in [0.5, 0.6) is 0 Å². The molecule has 132 valence electrons. The molecule has 0 radical (unpaired) electrons. The monoisotopic (exact) mass is 326 g/mol. The third kappa shape index (κ3) is 7.25. The zero-order valence-corrected chi connectivity index (χ0v) is 14.1. The highest BCUT2D eigenvalue weighted by molar-refractivity contribution is 5.84. The second-order valence-electron chi connectivity index (χ2n) is 6.68. The Hall–Kier alpha value is -1.23. The van der Waals surface area contributed by atoms with Gasteiger partial charge in [0.05, 0.1) is 6.10 Å². The molecular weight excluding hydrogens is 296 g/mol. The summed E-state index contributed by atoms with van der Waals surface area (Å²) in [5.74, 6) is -0.882. The first-order valence-electron chi connectivity index (χ1n) is 8.90. The van der Waals surface area contributed by atoms with Gasteiger partial charge in [-0.15, -0.1) is 0 Å². The van der Waals surface area contributed by atoms with E-state index in [0.717, 1.165) is 19.3 Å². The molecule has 0 aromatic rings. The maximum absolute atomic E-state index is 12.0. The third-order valence-corrected chi connectivity index (χ3v) is 4.81. The number of aliphatic carboxylic acids is 1. The van der Waals surface area contributed by atoms with Crippen LogP contribution in [-0.2, 0) is 14.4 Å². The summed E-state index contributed by atoms with van der Waals surface area (Å²) >= 11 is 0. The van der Waals surface area contributed by atoms with Gasteiger partial charge in [-0.25, -0.2) is 0 Å². The first-order valence-corrected chi connectivity index (χ1v) is 8.90. The Morgan fingerprint density at radius 3 is 2.39 bits per heavy atom. The summed E-state index contributed by atoms with van der Waals surface area (Å²) in [5, 5.41) is 18.7. The number of Topliss-reactive ketones (excluding diaryl/α,β-unsaturated/α-hetero) is 2. The van der Waals surface area contributed by atoms with E-state index in [9.17, 15) is 19.5 Å². The Balaban J connectivity index is 2.38. The average Bonchev–Trinajstić information content (AvgIpc) is 2.75. The number of rotatable bonds is 12. The van der Waals surface area contributed by atoms with Crippen molar-refractivity contribution in [3.05, 3.63) is 0 Å². The molecule has 0 bridgehead atoms. The first-order chi connectivity index (χ1) is 11.0. The van der Waals surface area contributed by atoms with Gasteiger partial charge in [-0.05, 0) is 31.6 Å². The molecule has 5 heteroatoms. The molecule has 1 saturated carbocycles. The SMILES string of the molecule is CCCCCC(=O)CC[C@H]1[C@H](O)CC(=O)[C@H]1CCCCC(=O)O. The fourth-order valence-electron chi connectivity index (χ4n) is 3.45. The number of carboxylic acid groups (broad SMARTS) is 1. The Labute approximate surface area is 138 Å². The van der Waals surface area contributed by atoms with E-state index in [-0.39, 0.29) is 36.2 Å². The van der Waals surface area contributed by atoms with Crippen LogP contribution in [-0.4, -0.2) is 33.9 Å². The minimum Gasteiger partial charge on any atom is -0.481 e. The molecule has 2 N–H and O–H groups in total. The summed E-state index contributed by atoms with van der Waals surface area (Å²) in [6.07, 6.45) is 6.16. The largest absolute Gasteiger partial charge is 0.481 e. The Kier molecular flexibility index (Phi) is 9.07. The molecule has 0 aromatic carbocycles. The lowest BCUT2D eigenvalue weighted by Crippen LogP contribution is -2.21. The summed E-state index contributed by atoms with van der Waals surface area (Å²) in [7, 11) is 0. The normalized spacial score (nSPS) is 24.1. The van der Waals surface area contributed by atoms with Crippen LogP contribution in [0.4, 0.5) is 0 Å². The zero-order valence-electron chi connectivity index (χ0n) is 14.1. The lowest BCUT2D eigenvalue weighted by molar-refractivity contribution is -0.137. The molecule has 0 aliphatic heterocycles. The van der Waals surface area contributed by atoms with Crippen LogP contribution in [0.15, 0.2) is 0 Å². The van der Waals surface area contributed by atoms with Gasteiger partial charge in [-0.3, -0.25) is 14.4 Å². The summed E-state index contributed by atoms with van der Waals surface area (Å²) in [4.78, 5) is 34.4. The van der Waals surface area contributed by atoms with Gasteiger partial charge in [-0.1, -0.05) is 26.2 Å². The van der Waals surface area contributed by atoms with Crippen molar-refractivity contribution < 1.29 is 24.6 Å². The van der Waals surface area contributed by atoms with Crippen molar-refractivity contribution in [1.82, 2.24) is 0 Å². The highest BCUT2D eigenvalue weighted by atomic mass is 16.4. The van der Waals surface area contributed by atoms with Crippen LogP contribution in [0.1, 0.15) is 77.6 Å². The molecule has 3 atom stereocenters. The number of hydrogen-bond acceptors (Lipinski definition) is 4. The van der Waals surface area contributed by atoms with Gasteiger partial charge in [0.15, 0.2) is 0 Å². The molecule has 0 heterocycles. The van der Waals surface area contributed by atoms with E-state index in [2.05, 4.69) is 6.92 Å². The molecule has 23 heavy (non-hydrogen) atoms. The summed E-state index contributed by atoms with van der Waals surface area (Å²) in [6, 6.07) is 0. The molecule has 0 aromatic heterocycles. The second kappa shape index (κ2) is 10.5. The highest BCUT2D eigenvalue weighted by Gasteiger charge is 2.40. The lowest BCUT2D eigenvalue weighted by Gasteiger charge is -2.20. The van der Waals surface area contributed by atoms with Crippen LogP contribution in [0.2, 0.25) is 0 Å². The quantitative estimate of drug-likeness (QED) is 0.538. The molecule has 0 saturated heterocycles. The van der Waals surface area contributed by atoms with E-state index in [1.807, 2.05) is 0 Å². The molecule has 0 spiro atoms. The molecule has 1 rings (SSSR count). The van der Waals surface area contributed by atoms with E-state index in [4.69, 9.17) is 5.11 Å². The number of aliphatic hydroxyl groups is 1. The van der Waals surface area contributed by atoms with Crippen molar-refractivity contribution in [3.8, 4) is 0 Å². The number of aliphatic hydroxyl groups excluding tert-OH is 1. The van der Waals surface area contributed by atoms with Crippen LogP contribution < -0.4 is 0 Å². The van der Waals surface area contributed by atoms with Gasteiger partial charge >= 0.3 is 5.97 Å². The summed E-state index contributed by atoms with van der Waals surface area (Å²) in [6.45, 7) is 2.10. The predicted octanol–water partition coefficient (Wildman–Crippen LogP) is 3.13. The fourth-order valence-corrected chi connectivity index (χ4v) is 3.45.